The standard InChI is InChI=1S/C14H18FN3O2S/c15-14-9-12(10-16)3-4-13(14)11-17-21(19,20)8-7-18-5-1-2-6-18/h3-4,9,17H,1-2,5-8,11H2. The van der Waals surface area contributed by atoms with Crippen molar-refractivity contribution in [3.8, 4) is 6.07 Å². The second-order valence-corrected chi connectivity index (χ2v) is 7.03. The molecule has 1 aromatic rings. The Morgan fingerprint density at radius 1 is 1.33 bits per heavy atom. The first kappa shape index (κ1) is 15.9. The Hall–Kier alpha value is -1.49. The molecule has 0 radical (unpaired) electrons. The topological polar surface area (TPSA) is 73.2 Å². The molecular weight excluding hydrogens is 293 g/mol. The molecule has 1 saturated heterocycles. The summed E-state index contributed by atoms with van der Waals surface area (Å²) in [5.74, 6) is -0.554. The van der Waals surface area contributed by atoms with Gasteiger partial charge < -0.3 is 4.90 Å². The second-order valence-electron chi connectivity index (χ2n) is 5.11. The lowest BCUT2D eigenvalue weighted by Gasteiger charge is -2.14. The predicted octanol–water partition coefficient (Wildman–Crippen LogP) is 1.21. The fraction of sp³-hybridized carbons (Fsp3) is 0.500. The van der Waals surface area contributed by atoms with Gasteiger partial charge in [0.15, 0.2) is 0 Å². The average molecular weight is 311 g/mol. The minimum Gasteiger partial charge on any atom is -0.302 e. The van der Waals surface area contributed by atoms with Crippen molar-refractivity contribution < 1.29 is 12.8 Å². The summed E-state index contributed by atoms with van der Waals surface area (Å²) in [7, 11) is -3.42. The van der Waals surface area contributed by atoms with E-state index in [0.717, 1.165) is 32.0 Å². The number of nitrogens with one attached hydrogen (secondary N) is 1. The van der Waals surface area contributed by atoms with E-state index in [4.69, 9.17) is 5.26 Å². The Balaban J connectivity index is 1.87. The molecule has 0 bridgehead atoms. The normalized spacial score (nSPS) is 16.0. The maximum Gasteiger partial charge on any atom is 0.213 e. The molecule has 0 saturated carbocycles. The monoisotopic (exact) mass is 311 g/mol. The van der Waals surface area contributed by atoms with Gasteiger partial charge in [-0.2, -0.15) is 5.26 Å². The summed E-state index contributed by atoms with van der Waals surface area (Å²) in [6, 6.07) is 5.84. The van der Waals surface area contributed by atoms with E-state index < -0.39 is 15.8 Å². The van der Waals surface area contributed by atoms with Gasteiger partial charge in [0.25, 0.3) is 0 Å². The number of nitriles is 1. The molecule has 7 heteroatoms. The maximum atomic E-state index is 13.6. The Kier molecular flexibility index (Phi) is 5.28. The van der Waals surface area contributed by atoms with Crippen molar-refractivity contribution in [1.29, 1.82) is 5.26 Å². The number of benzene rings is 1. The Labute approximate surface area is 124 Å². The molecule has 21 heavy (non-hydrogen) atoms. The van der Waals surface area contributed by atoms with Gasteiger partial charge in [-0.1, -0.05) is 6.07 Å². The summed E-state index contributed by atoms with van der Waals surface area (Å²) in [6.45, 7) is 2.30. The van der Waals surface area contributed by atoms with E-state index in [1.807, 2.05) is 6.07 Å². The smallest absolute Gasteiger partial charge is 0.213 e. The van der Waals surface area contributed by atoms with Crippen LogP contribution in [-0.4, -0.2) is 38.7 Å². The molecule has 1 aromatic carbocycles. The quantitative estimate of drug-likeness (QED) is 0.857. The summed E-state index contributed by atoms with van der Waals surface area (Å²) in [5.41, 5.74) is 0.451. The van der Waals surface area contributed by atoms with Crippen LogP contribution in [0.2, 0.25) is 0 Å². The van der Waals surface area contributed by atoms with Crippen molar-refractivity contribution in [2.75, 3.05) is 25.4 Å². The zero-order valence-electron chi connectivity index (χ0n) is 11.7. The van der Waals surface area contributed by atoms with Crippen LogP contribution >= 0.6 is 0 Å². The molecular formula is C14H18FN3O2S. The molecule has 114 valence electrons. The van der Waals surface area contributed by atoms with Crippen molar-refractivity contribution in [2.45, 2.75) is 19.4 Å². The molecule has 1 N–H and O–H groups in total. The molecule has 0 unspecified atom stereocenters. The maximum absolute atomic E-state index is 13.6. The Morgan fingerprint density at radius 3 is 2.67 bits per heavy atom. The lowest BCUT2D eigenvalue weighted by molar-refractivity contribution is 0.358. The van der Waals surface area contributed by atoms with Crippen LogP contribution in [0.4, 0.5) is 4.39 Å². The van der Waals surface area contributed by atoms with Gasteiger partial charge >= 0.3 is 0 Å². The van der Waals surface area contributed by atoms with E-state index in [1.54, 1.807) is 0 Å². The molecule has 1 aliphatic heterocycles. The van der Waals surface area contributed by atoms with Crippen molar-refractivity contribution in [3.05, 3.63) is 35.1 Å². The van der Waals surface area contributed by atoms with Crippen molar-refractivity contribution >= 4 is 10.0 Å². The number of hydrogen-bond donors (Lipinski definition) is 1. The van der Waals surface area contributed by atoms with Crippen molar-refractivity contribution in [1.82, 2.24) is 9.62 Å². The van der Waals surface area contributed by atoms with E-state index in [9.17, 15) is 12.8 Å². The van der Waals surface area contributed by atoms with Crippen LogP contribution in [0.5, 0.6) is 0 Å². The van der Waals surface area contributed by atoms with Crippen molar-refractivity contribution in [3.63, 3.8) is 0 Å². The van der Waals surface area contributed by atoms with E-state index in [2.05, 4.69) is 9.62 Å². The first-order valence-electron chi connectivity index (χ1n) is 6.88. The molecule has 0 atom stereocenters. The van der Waals surface area contributed by atoms with Gasteiger partial charge in [0.2, 0.25) is 10.0 Å². The third kappa shape index (κ3) is 4.77. The molecule has 0 aliphatic carbocycles. The van der Waals surface area contributed by atoms with Crippen molar-refractivity contribution in [2.24, 2.45) is 0 Å². The minimum atomic E-state index is -3.42. The molecule has 1 fully saturated rings. The summed E-state index contributed by atoms with van der Waals surface area (Å²) < 4.78 is 39.8. The van der Waals surface area contributed by atoms with Crippen LogP contribution in [0.1, 0.15) is 24.0 Å². The van der Waals surface area contributed by atoms with E-state index >= 15 is 0 Å². The summed E-state index contributed by atoms with van der Waals surface area (Å²) in [6.07, 6.45) is 2.23. The van der Waals surface area contributed by atoms with Crippen LogP contribution in [0.15, 0.2) is 18.2 Å². The lowest BCUT2D eigenvalue weighted by Crippen LogP contribution is -2.33. The van der Waals surface area contributed by atoms with Crippen LogP contribution in [-0.2, 0) is 16.6 Å². The molecule has 1 aliphatic rings. The minimum absolute atomic E-state index is 0.0187. The van der Waals surface area contributed by atoms with Gasteiger partial charge in [-0.15, -0.1) is 0 Å². The third-order valence-corrected chi connectivity index (χ3v) is 4.84. The predicted molar refractivity (Wildman–Crippen MR) is 77.4 cm³/mol. The molecule has 5 nitrogen and oxygen atoms in total. The molecule has 0 spiro atoms. The van der Waals surface area contributed by atoms with Gasteiger partial charge in [0.1, 0.15) is 5.82 Å². The van der Waals surface area contributed by atoms with Gasteiger partial charge in [-0.3, -0.25) is 0 Å². The highest BCUT2D eigenvalue weighted by Gasteiger charge is 2.16. The Bertz CT molecular complexity index is 634. The zero-order chi connectivity index (χ0) is 15.3. The highest BCUT2D eigenvalue weighted by Crippen LogP contribution is 2.10. The fourth-order valence-corrected chi connectivity index (χ4v) is 3.29. The molecule has 2 rings (SSSR count). The zero-order valence-corrected chi connectivity index (χ0v) is 12.5. The van der Waals surface area contributed by atoms with Gasteiger partial charge in [-0.25, -0.2) is 17.5 Å². The lowest BCUT2D eigenvalue weighted by atomic mass is 10.1. The van der Waals surface area contributed by atoms with E-state index in [0.29, 0.717) is 6.54 Å². The van der Waals surface area contributed by atoms with E-state index in [1.165, 1.54) is 12.1 Å². The average Bonchev–Trinajstić information content (AvgIpc) is 2.97. The SMILES string of the molecule is N#Cc1ccc(CNS(=O)(=O)CCN2CCCC2)c(F)c1. The summed E-state index contributed by atoms with van der Waals surface area (Å²) in [4.78, 5) is 2.11. The Morgan fingerprint density at radius 2 is 2.05 bits per heavy atom. The van der Waals surface area contributed by atoms with Gasteiger partial charge in [0.05, 0.1) is 17.4 Å². The first-order chi connectivity index (χ1) is 10.00. The number of likely N-dealkylation sites (tertiary alicyclic amines) is 1. The number of hydrogen-bond acceptors (Lipinski definition) is 4. The fourth-order valence-electron chi connectivity index (χ4n) is 2.28. The van der Waals surface area contributed by atoms with Crippen LogP contribution in [0.25, 0.3) is 0 Å². The number of halogens is 1. The highest BCUT2D eigenvalue weighted by atomic mass is 32.2. The highest BCUT2D eigenvalue weighted by molar-refractivity contribution is 7.89. The van der Waals surface area contributed by atoms with Gasteiger partial charge in [0, 0.05) is 18.7 Å². The molecule has 1 heterocycles. The van der Waals surface area contributed by atoms with Crippen LogP contribution in [0.3, 0.4) is 0 Å². The summed E-state index contributed by atoms with van der Waals surface area (Å²) >= 11 is 0. The number of nitrogens with zero attached hydrogens (tertiary/aromatic N) is 2. The van der Waals surface area contributed by atoms with Crippen LogP contribution in [0, 0.1) is 17.1 Å². The van der Waals surface area contributed by atoms with Gasteiger partial charge in [-0.05, 0) is 38.1 Å². The largest absolute Gasteiger partial charge is 0.302 e. The summed E-state index contributed by atoms with van der Waals surface area (Å²) in [5, 5.41) is 8.65. The third-order valence-electron chi connectivity index (χ3n) is 3.54. The number of sulfonamides is 1. The van der Waals surface area contributed by atoms with E-state index in [-0.39, 0.29) is 23.4 Å². The number of rotatable bonds is 6. The first-order valence-corrected chi connectivity index (χ1v) is 8.53. The molecule has 0 amide bonds. The molecule has 0 aromatic heterocycles. The second kappa shape index (κ2) is 6.98. The van der Waals surface area contributed by atoms with Crippen LogP contribution < -0.4 is 4.72 Å².